The van der Waals surface area contributed by atoms with Gasteiger partial charge in [0.15, 0.2) is 0 Å². The summed E-state index contributed by atoms with van der Waals surface area (Å²) in [6.07, 6.45) is 2.28. The number of hydrogen-bond donors (Lipinski definition) is 1. The highest BCUT2D eigenvalue weighted by Crippen LogP contribution is 2.38. The lowest BCUT2D eigenvalue weighted by atomic mass is 10.0. The predicted molar refractivity (Wildman–Crippen MR) is 138 cm³/mol. The van der Waals surface area contributed by atoms with Crippen molar-refractivity contribution in [3.8, 4) is 5.75 Å². The van der Waals surface area contributed by atoms with Gasteiger partial charge in [-0.1, -0.05) is 25.4 Å². The molecule has 1 atom stereocenters. The maximum absolute atomic E-state index is 6.42. The Balaban J connectivity index is 0.00000341. The number of anilines is 1. The monoisotopic (exact) mass is 463 g/mol. The summed E-state index contributed by atoms with van der Waals surface area (Å²) in [4.78, 5) is 7.48. The second kappa shape index (κ2) is 11.2. The molecule has 2 aromatic carbocycles. The third-order valence-electron chi connectivity index (χ3n) is 6.03. The smallest absolute Gasteiger partial charge is 0.119 e. The molecule has 170 valence electrons. The van der Waals surface area contributed by atoms with Gasteiger partial charge in [0.1, 0.15) is 5.75 Å². The van der Waals surface area contributed by atoms with Crippen LogP contribution in [0, 0.1) is 13.8 Å². The van der Waals surface area contributed by atoms with E-state index in [9.17, 15) is 0 Å². The summed E-state index contributed by atoms with van der Waals surface area (Å²) < 4.78 is 5.55. The summed E-state index contributed by atoms with van der Waals surface area (Å²) in [7, 11) is 1.71. The molecular formula is C25H35Cl2N3O. The lowest BCUT2D eigenvalue weighted by Gasteiger charge is -2.22. The maximum atomic E-state index is 6.42. The summed E-state index contributed by atoms with van der Waals surface area (Å²) in [5, 5.41) is 6.75. The Hall–Kier alpha value is -1.75. The summed E-state index contributed by atoms with van der Waals surface area (Å²) >= 11 is 6.42. The molecule has 1 unspecified atom stereocenters. The highest BCUT2D eigenvalue weighted by molar-refractivity contribution is 6.32. The summed E-state index contributed by atoms with van der Waals surface area (Å²) in [6.45, 7) is 14.2. The Bertz CT molecular complexity index is 1030. The van der Waals surface area contributed by atoms with Crippen molar-refractivity contribution in [3.05, 3.63) is 40.4 Å². The number of benzene rings is 2. The van der Waals surface area contributed by atoms with Crippen molar-refractivity contribution in [1.82, 2.24) is 9.88 Å². The minimum atomic E-state index is 0. The first-order valence-electron chi connectivity index (χ1n) is 11.0. The number of halogens is 2. The van der Waals surface area contributed by atoms with Gasteiger partial charge in [0, 0.05) is 21.8 Å². The third kappa shape index (κ3) is 5.54. The van der Waals surface area contributed by atoms with Crippen LogP contribution in [0.25, 0.3) is 21.8 Å². The van der Waals surface area contributed by atoms with E-state index < -0.39 is 0 Å². The van der Waals surface area contributed by atoms with E-state index in [1.807, 2.05) is 19.1 Å². The van der Waals surface area contributed by atoms with Gasteiger partial charge < -0.3 is 15.0 Å². The molecule has 0 aliphatic rings. The van der Waals surface area contributed by atoms with Crippen molar-refractivity contribution in [3.63, 3.8) is 0 Å². The molecule has 3 aromatic rings. The Labute approximate surface area is 197 Å². The first-order valence-corrected chi connectivity index (χ1v) is 11.3. The summed E-state index contributed by atoms with van der Waals surface area (Å²) in [5.74, 6) is 0.851. The third-order valence-corrected chi connectivity index (χ3v) is 6.44. The van der Waals surface area contributed by atoms with Crippen LogP contribution >= 0.6 is 24.0 Å². The van der Waals surface area contributed by atoms with Crippen LogP contribution in [0.1, 0.15) is 44.7 Å². The SMILES string of the molecule is CCN(CC)CCCC(C)Nc1c2cc(OC)cc(C)c2nc2c(C)c(Cl)ccc12.Cl. The van der Waals surface area contributed by atoms with Gasteiger partial charge in [-0.05, 0) is 88.6 Å². The van der Waals surface area contributed by atoms with Crippen molar-refractivity contribution >= 4 is 51.5 Å². The molecule has 1 N–H and O–H groups in total. The van der Waals surface area contributed by atoms with Crippen LogP contribution in [0.15, 0.2) is 24.3 Å². The van der Waals surface area contributed by atoms with Gasteiger partial charge >= 0.3 is 0 Å². The van der Waals surface area contributed by atoms with Gasteiger partial charge in [0.2, 0.25) is 0 Å². The predicted octanol–water partition coefficient (Wildman–Crippen LogP) is 7.01. The van der Waals surface area contributed by atoms with Crippen LogP contribution in [-0.2, 0) is 0 Å². The van der Waals surface area contributed by atoms with Crippen molar-refractivity contribution < 1.29 is 4.74 Å². The fourth-order valence-corrected chi connectivity index (χ4v) is 4.27. The van der Waals surface area contributed by atoms with Crippen LogP contribution < -0.4 is 10.1 Å². The number of hydrogen-bond acceptors (Lipinski definition) is 4. The molecule has 0 saturated carbocycles. The number of ether oxygens (including phenoxy) is 1. The number of aromatic nitrogens is 1. The molecule has 0 amide bonds. The van der Waals surface area contributed by atoms with E-state index in [1.165, 1.54) is 6.42 Å². The van der Waals surface area contributed by atoms with E-state index in [2.05, 4.69) is 50.0 Å². The molecule has 0 fully saturated rings. The molecule has 1 heterocycles. The molecule has 0 bridgehead atoms. The van der Waals surface area contributed by atoms with E-state index in [1.54, 1.807) is 7.11 Å². The molecule has 0 saturated heterocycles. The van der Waals surface area contributed by atoms with E-state index in [-0.39, 0.29) is 12.4 Å². The summed E-state index contributed by atoms with van der Waals surface area (Å²) in [6, 6.07) is 8.52. The number of rotatable bonds is 9. The van der Waals surface area contributed by atoms with Gasteiger partial charge in [-0.3, -0.25) is 0 Å². The molecule has 0 aliphatic carbocycles. The van der Waals surface area contributed by atoms with Crippen molar-refractivity contribution in [1.29, 1.82) is 0 Å². The van der Waals surface area contributed by atoms with E-state index in [0.717, 1.165) is 75.4 Å². The first-order chi connectivity index (χ1) is 14.4. The van der Waals surface area contributed by atoms with Crippen LogP contribution in [0.4, 0.5) is 5.69 Å². The Morgan fingerprint density at radius 3 is 2.45 bits per heavy atom. The zero-order valence-electron chi connectivity index (χ0n) is 19.5. The normalized spacial score (nSPS) is 12.3. The molecular weight excluding hydrogens is 429 g/mol. The molecule has 0 aliphatic heterocycles. The first kappa shape index (κ1) is 25.5. The second-order valence-electron chi connectivity index (χ2n) is 8.11. The highest BCUT2D eigenvalue weighted by atomic mass is 35.5. The van der Waals surface area contributed by atoms with Crippen molar-refractivity contribution in [2.24, 2.45) is 0 Å². The zero-order valence-corrected chi connectivity index (χ0v) is 21.1. The number of pyridine rings is 1. The second-order valence-corrected chi connectivity index (χ2v) is 8.52. The fourth-order valence-electron chi connectivity index (χ4n) is 4.12. The number of aryl methyl sites for hydroxylation is 2. The molecule has 4 nitrogen and oxygen atoms in total. The molecule has 31 heavy (non-hydrogen) atoms. The topological polar surface area (TPSA) is 37.4 Å². The van der Waals surface area contributed by atoms with Gasteiger partial charge in [0.05, 0.1) is 23.8 Å². The van der Waals surface area contributed by atoms with Crippen molar-refractivity contribution in [2.75, 3.05) is 32.1 Å². The van der Waals surface area contributed by atoms with E-state index >= 15 is 0 Å². The average molecular weight is 464 g/mol. The number of fused-ring (bicyclic) bond motifs is 2. The average Bonchev–Trinajstić information content (AvgIpc) is 2.74. The lowest BCUT2D eigenvalue weighted by molar-refractivity contribution is 0.295. The quantitative estimate of drug-likeness (QED) is 0.346. The van der Waals surface area contributed by atoms with Crippen LogP contribution in [0.3, 0.4) is 0 Å². The largest absolute Gasteiger partial charge is 0.497 e. The standard InChI is InChI=1S/C25H34ClN3O.ClH/c1-7-29(8-2)13-9-10-17(4)27-25-20-11-12-22(26)18(5)24(20)28-23-16(3)14-19(30-6)15-21(23)25;/h11-12,14-15,17H,7-10,13H2,1-6H3,(H,27,28);1H. The molecule has 1 aromatic heterocycles. The van der Waals surface area contributed by atoms with Gasteiger partial charge in [-0.2, -0.15) is 0 Å². The van der Waals surface area contributed by atoms with E-state index in [4.69, 9.17) is 21.3 Å². The Morgan fingerprint density at radius 1 is 1.10 bits per heavy atom. The minimum absolute atomic E-state index is 0. The lowest BCUT2D eigenvalue weighted by Crippen LogP contribution is -2.25. The minimum Gasteiger partial charge on any atom is -0.497 e. The highest BCUT2D eigenvalue weighted by Gasteiger charge is 2.16. The van der Waals surface area contributed by atoms with Gasteiger partial charge in [0.25, 0.3) is 0 Å². The zero-order chi connectivity index (χ0) is 21.8. The molecule has 0 radical (unpaired) electrons. The number of nitrogens with one attached hydrogen (secondary N) is 1. The van der Waals surface area contributed by atoms with Gasteiger partial charge in [-0.15, -0.1) is 12.4 Å². The maximum Gasteiger partial charge on any atom is 0.119 e. The van der Waals surface area contributed by atoms with Gasteiger partial charge in [-0.25, -0.2) is 4.98 Å². The summed E-state index contributed by atoms with van der Waals surface area (Å²) in [5.41, 5.74) is 5.19. The molecule has 0 spiro atoms. The molecule has 3 rings (SSSR count). The Morgan fingerprint density at radius 2 is 1.81 bits per heavy atom. The number of methoxy groups -OCH3 is 1. The fraction of sp³-hybridized carbons (Fsp3) is 0.480. The molecule has 6 heteroatoms. The van der Waals surface area contributed by atoms with Crippen LogP contribution in [-0.4, -0.2) is 42.7 Å². The Kier molecular flexibility index (Phi) is 9.23. The van der Waals surface area contributed by atoms with Crippen molar-refractivity contribution in [2.45, 2.75) is 53.5 Å². The van der Waals surface area contributed by atoms with E-state index in [0.29, 0.717) is 6.04 Å². The van der Waals surface area contributed by atoms with Crippen LogP contribution in [0.2, 0.25) is 5.02 Å². The number of nitrogens with zero attached hydrogens (tertiary/aromatic N) is 2. The van der Waals surface area contributed by atoms with Crippen LogP contribution in [0.5, 0.6) is 5.75 Å².